The summed E-state index contributed by atoms with van der Waals surface area (Å²) in [5.41, 5.74) is -0.156. The molecule has 0 aliphatic heterocycles. The molecule has 0 aliphatic rings. The molecule has 0 radical (unpaired) electrons. The number of ketones is 1. The zero-order valence-corrected chi connectivity index (χ0v) is 8.10. The molecule has 0 saturated carbocycles. The van der Waals surface area contributed by atoms with Gasteiger partial charge in [0, 0.05) is 12.3 Å². The Kier molecular flexibility index (Phi) is 2.72. The number of halogens is 2. The maximum atomic E-state index is 13.2. The third-order valence-electron chi connectivity index (χ3n) is 2.01. The largest absolute Gasteiger partial charge is 0.292 e. The minimum absolute atomic E-state index is 0.122. The summed E-state index contributed by atoms with van der Waals surface area (Å²) >= 11 is 0. The molecule has 0 saturated heterocycles. The number of carbonyl (C=O) groups excluding carboxylic acids is 1. The van der Waals surface area contributed by atoms with Crippen LogP contribution in [0.25, 0.3) is 0 Å². The number of rotatable bonds is 3. The quantitative estimate of drug-likeness (QED) is 0.740. The van der Waals surface area contributed by atoms with Gasteiger partial charge in [-0.1, -0.05) is 5.21 Å². The van der Waals surface area contributed by atoms with Gasteiger partial charge in [-0.25, -0.2) is 13.5 Å². The molecule has 0 bridgehead atoms. The Hall–Kier alpha value is -2.11. The Labute approximate surface area is 89.5 Å². The molecular formula is C10H7F2N3O. The lowest BCUT2D eigenvalue weighted by atomic mass is 10.1. The van der Waals surface area contributed by atoms with Crippen molar-refractivity contribution in [2.75, 3.05) is 0 Å². The predicted molar refractivity (Wildman–Crippen MR) is 50.7 cm³/mol. The Morgan fingerprint density at radius 2 is 2.19 bits per heavy atom. The average Bonchev–Trinajstić information content (AvgIpc) is 2.70. The van der Waals surface area contributed by atoms with Crippen LogP contribution in [0.5, 0.6) is 0 Å². The molecule has 0 N–H and O–H groups in total. The number of hydrogen-bond acceptors (Lipinski definition) is 3. The molecule has 1 aromatic heterocycles. The molecule has 4 nitrogen and oxygen atoms in total. The van der Waals surface area contributed by atoms with E-state index in [-0.39, 0.29) is 12.1 Å². The van der Waals surface area contributed by atoms with E-state index in [1.807, 2.05) is 0 Å². The zero-order chi connectivity index (χ0) is 11.5. The third-order valence-corrected chi connectivity index (χ3v) is 2.01. The van der Waals surface area contributed by atoms with E-state index in [1.54, 1.807) is 0 Å². The lowest BCUT2D eigenvalue weighted by Gasteiger charge is -2.02. The van der Waals surface area contributed by atoms with Gasteiger partial charge in [0.2, 0.25) is 0 Å². The summed E-state index contributed by atoms with van der Waals surface area (Å²) < 4.78 is 27.1. The average molecular weight is 223 g/mol. The molecule has 2 rings (SSSR count). The Bertz CT molecular complexity index is 511. The van der Waals surface area contributed by atoms with Crippen molar-refractivity contribution in [1.29, 1.82) is 0 Å². The van der Waals surface area contributed by atoms with Crippen LogP contribution in [0.2, 0.25) is 0 Å². The summed E-state index contributed by atoms with van der Waals surface area (Å²) in [4.78, 5) is 11.6. The Balaban J connectivity index is 2.21. The second-order valence-corrected chi connectivity index (χ2v) is 3.15. The van der Waals surface area contributed by atoms with E-state index >= 15 is 0 Å². The molecule has 0 fully saturated rings. The standard InChI is InChI=1S/C10H7F2N3O/c11-7-1-2-8(9(12)5-7)10(16)6-15-4-3-13-14-15/h1-5H,6H2. The molecule has 1 heterocycles. The first-order chi connectivity index (χ1) is 7.66. The Morgan fingerprint density at radius 3 is 2.81 bits per heavy atom. The fourth-order valence-corrected chi connectivity index (χ4v) is 1.26. The van der Waals surface area contributed by atoms with Gasteiger partial charge in [0.05, 0.1) is 11.8 Å². The van der Waals surface area contributed by atoms with Crippen molar-refractivity contribution < 1.29 is 13.6 Å². The fourth-order valence-electron chi connectivity index (χ4n) is 1.26. The van der Waals surface area contributed by atoms with E-state index in [4.69, 9.17) is 0 Å². The molecule has 6 heteroatoms. The van der Waals surface area contributed by atoms with E-state index in [2.05, 4.69) is 10.3 Å². The summed E-state index contributed by atoms with van der Waals surface area (Å²) in [6.07, 6.45) is 2.90. The first-order valence-electron chi connectivity index (χ1n) is 4.49. The minimum Gasteiger partial charge on any atom is -0.292 e. The van der Waals surface area contributed by atoms with Crippen LogP contribution in [0.4, 0.5) is 8.78 Å². The number of carbonyl (C=O) groups is 1. The van der Waals surface area contributed by atoms with Gasteiger partial charge in [0.1, 0.15) is 18.2 Å². The summed E-state index contributed by atoms with van der Waals surface area (Å²) in [7, 11) is 0. The van der Waals surface area contributed by atoms with Crippen LogP contribution in [0.3, 0.4) is 0 Å². The molecule has 0 aliphatic carbocycles. The van der Waals surface area contributed by atoms with Crippen molar-refractivity contribution in [3.8, 4) is 0 Å². The molecule has 1 aromatic carbocycles. The van der Waals surface area contributed by atoms with Crippen molar-refractivity contribution in [1.82, 2.24) is 15.0 Å². The van der Waals surface area contributed by atoms with Crippen LogP contribution in [0, 0.1) is 11.6 Å². The molecule has 0 atom stereocenters. The minimum atomic E-state index is -0.870. The predicted octanol–water partition coefficient (Wildman–Crippen LogP) is 1.44. The van der Waals surface area contributed by atoms with Gasteiger partial charge in [-0.05, 0) is 12.1 Å². The monoisotopic (exact) mass is 223 g/mol. The maximum absolute atomic E-state index is 13.2. The summed E-state index contributed by atoms with van der Waals surface area (Å²) in [5, 5.41) is 7.09. The molecule has 0 spiro atoms. The van der Waals surface area contributed by atoms with Crippen molar-refractivity contribution in [2.24, 2.45) is 0 Å². The van der Waals surface area contributed by atoms with Crippen LogP contribution >= 0.6 is 0 Å². The lowest BCUT2D eigenvalue weighted by Crippen LogP contribution is -2.12. The van der Waals surface area contributed by atoms with Crippen LogP contribution in [0.15, 0.2) is 30.6 Å². The first-order valence-corrected chi connectivity index (χ1v) is 4.49. The second-order valence-electron chi connectivity index (χ2n) is 3.15. The van der Waals surface area contributed by atoms with Gasteiger partial charge < -0.3 is 0 Å². The summed E-state index contributed by atoms with van der Waals surface area (Å²) in [6.45, 7) is -0.122. The molecule has 2 aromatic rings. The third kappa shape index (κ3) is 2.10. The number of nitrogens with zero attached hydrogens (tertiary/aromatic N) is 3. The smallest absolute Gasteiger partial charge is 0.187 e. The van der Waals surface area contributed by atoms with Gasteiger partial charge in [0.25, 0.3) is 0 Å². The van der Waals surface area contributed by atoms with Gasteiger partial charge in [-0.3, -0.25) is 4.79 Å². The van der Waals surface area contributed by atoms with E-state index in [0.29, 0.717) is 6.07 Å². The maximum Gasteiger partial charge on any atom is 0.187 e. The number of benzene rings is 1. The van der Waals surface area contributed by atoms with E-state index in [1.165, 1.54) is 17.1 Å². The van der Waals surface area contributed by atoms with Crippen molar-refractivity contribution in [3.05, 3.63) is 47.8 Å². The van der Waals surface area contributed by atoms with Crippen LogP contribution < -0.4 is 0 Å². The first kappa shape index (κ1) is 10.4. The SMILES string of the molecule is O=C(Cn1ccnn1)c1ccc(F)cc1F. The van der Waals surface area contributed by atoms with Gasteiger partial charge in [-0.2, -0.15) is 0 Å². The molecular weight excluding hydrogens is 216 g/mol. The highest BCUT2D eigenvalue weighted by Crippen LogP contribution is 2.10. The van der Waals surface area contributed by atoms with Gasteiger partial charge in [-0.15, -0.1) is 5.10 Å². The van der Waals surface area contributed by atoms with E-state index in [0.717, 1.165) is 12.1 Å². The van der Waals surface area contributed by atoms with Crippen molar-refractivity contribution >= 4 is 5.78 Å². The second kappa shape index (κ2) is 4.18. The molecule has 0 amide bonds. The molecule has 0 unspecified atom stereocenters. The van der Waals surface area contributed by atoms with E-state index < -0.39 is 17.4 Å². The van der Waals surface area contributed by atoms with Crippen molar-refractivity contribution in [2.45, 2.75) is 6.54 Å². The highest BCUT2D eigenvalue weighted by Gasteiger charge is 2.13. The molecule has 16 heavy (non-hydrogen) atoms. The Morgan fingerprint density at radius 1 is 1.38 bits per heavy atom. The number of hydrogen-bond donors (Lipinski definition) is 0. The summed E-state index contributed by atoms with van der Waals surface area (Å²) in [5.74, 6) is -2.07. The highest BCUT2D eigenvalue weighted by atomic mass is 19.1. The molecule has 82 valence electrons. The van der Waals surface area contributed by atoms with Crippen LogP contribution in [0.1, 0.15) is 10.4 Å². The lowest BCUT2D eigenvalue weighted by molar-refractivity contribution is 0.0963. The van der Waals surface area contributed by atoms with Crippen LogP contribution in [-0.4, -0.2) is 20.8 Å². The van der Waals surface area contributed by atoms with E-state index in [9.17, 15) is 13.6 Å². The van der Waals surface area contributed by atoms with Gasteiger partial charge in [0.15, 0.2) is 5.78 Å². The topological polar surface area (TPSA) is 47.8 Å². The number of aromatic nitrogens is 3. The summed E-state index contributed by atoms with van der Waals surface area (Å²) in [6, 6.07) is 2.83. The highest BCUT2D eigenvalue weighted by molar-refractivity contribution is 5.96. The van der Waals surface area contributed by atoms with Gasteiger partial charge >= 0.3 is 0 Å². The van der Waals surface area contributed by atoms with Crippen LogP contribution in [-0.2, 0) is 6.54 Å². The fraction of sp³-hybridized carbons (Fsp3) is 0.100. The number of Topliss-reactive ketones (excluding diaryl/α,β-unsaturated/α-hetero) is 1. The zero-order valence-electron chi connectivity index (χ0n) is 8.10. The normalized spacial score (nSPS) is 10.4. The van der Waals surface area contributed by atoms with Crippen molar-refractivity contribution in [3.63, 3.8) is 0 Å².